The molecule has 1 unspecified atom stereocenters. The second kappa shape index (κ2) is 13.8. The second-order valence-electron chi connectivity index (χ2n) is 11.4. The van der Waals surface area contributed by atoms with Crippen molar-refractivity contribution >= 4 is 42.6 Å². The van der Waals surface area contributed by atoms with Gasteiger partial charge in [0.05, 0.1) is 24.4 Å². The molecule has 0 fully saturated rings. The normalized spacial score (nSPS) is 14.1. The van der Waals surface area contributed by atoms with Crippen LogP contribution in [0.4, 0.5) is 0 Å². The van der Waals surface area contributed by atoms with Crippen LogP contribution in [-0.4, -0.2) is 65.1 Å². The predicted octanol–water partition coefficient (Wildman–Crippen LogP) is 4.25. The minimum Gasteiger partial charge on any atom is -0.494 e. The maximum atomic E-state index is 12.7. The Balaban J connectivity index is 1.34. The summed E-state index contributed by atoms with van der Waals surface area (Å²) in [5.41, 5.74) is 3.72. The molecule has 0 radical (unpaired) electrons. The van der Waals surface area contributed by atoms with E-state index >= 15 is 0 Å². The molecule has 0 aliphatic carbocycles. The number of halogens is 1. The summed E-state index contributed by atoms with van der Waals surface area (Å²) in [4.78, 5) is 40.6. The Morgan fingerprint density at radius 3 is 2.44 bits per heavy atom. The first-order chi connectivity index (χ1) is 21.5. The molecule has 234 valence electrons. The van der Waals surface area contributed by atoms with Crippen LogP contribution in [0.2, 0.25) is 18.1 Å². The molecule has 12 heteroatoms. The van der Waals surface area contributed by atoms with E-state index in [1.807, 2.05) is 86.1 Å². The molecule has 5 rings (SSSR count). The maximum absolute atomic E-state index is 12.7. The number of ether oxygens (including phenoxy) is 1. The average Bonchev–Trinajstić information content (AvgIpc) is 3.34. The number of benzene rings is 3. The van der Waals surface area contributed by atoms with E-state index in [1.165, 1.54) is 0 Å². The van der Waals surface area contributed by atoms with E-state index in [4.69, 9.17) is 21.3 Å². The third kappa shape index (κ3) is 7.50. The van der Waals surface area contributed by atoms with Gasteiger partial charge in [-0.3, -0.25) is 19.1 Å². The summed E-state index contributed by atoms with van der Waals surface area (Å²) in [6.45, 7) is 8.78. The van der Waals surface area contributed by atoms with Crippen LogP contribution in [0.5, 0.6) is 5.75 Å². The van der Waals surface area contributed by atoms with Gasteiger partial charge in [-0.1, -0.05) is 35.9 Å². The van der Waals surface area contributed by atoms with Gasteiger partial charge in [0.1, 0.15) is 17.6 Å². The van der Waals surface area contributed by atoms with E-state index in [0.717, 1.165) is 22.0 Å². The zero-order valence-electron chi connectivity index (χ0n) is 25.8. The summed E-state index contributed by atoms with van der Waals surface area (Å²) in [5.74, 6) is 1.62. The van der Waals surface area contributed by atoms with Crippen LogP contribution in [0.15, 0.2) is 71.7 Å². The number of amides is 2. The molecule has 45 heavy (non-hydrogen) atoms. The number of rotatable bonds is 11. The van der Waals surface area contributed by atoms with Gasteiger partial charge in [-0.05, 0) is 81.0 Å². The maximum Gasteiger partial charge on any atom is 0.251 e. The summed E-state index contributed by atoms with van der Waals surface area (Å²) < 4.78 is 8.07. The summed E-state index contributed by atoms with van der Waals surface area (Å²) in [5, 5.41) is 16.0. The highest BCUT2D eigenvalue weighted by Crippen LogP contribution is 2.34. The van der Waals surface area contributed by atoms with Gasteiger partial charge in [-0.15, -0.1) is 10.2 Å². The Kier molecular flexibility index (Phi) is 9.81. The van der Waals surface area contributed by atoms with Gasteiger partial charge in [0.2, 0.25) is 14.2 Å². The molecule has 10 nitrogen and oxygen atoms in total. The van der Waals surface area contributed by atoms with Gasteiger partial charge >= 0.3 is 0 Å². The van der Waals surface area contributed by atoms with Gasteiger partial charge in [0.15, 0.2) is 5.82 Å². The molecule has 2 amide bonds. The van der Waals surface area contributed by atoms with E-state index in [2.05, 4.69) is 20.8 Å². The van der Waals surface area contributed by atoms with Crippen LogP contribution in [0, 0.1) is 6.92 Å². The van der Waals surface area contributed by atoms with Crippen molar-refractivity contribution < 1.29 is 19.1 Å². The third-order valence-electron chi connectivity index (χ3n) is 7.50. The number of hydrogen-bond acceptors (Lipinski definition) is 7. The standard InChI is InChI=1S/C33H37ClN6O4Si/c1-5-35-30(41)20-28-32-39-38-21(2)40(32)29-16-13-25(19-27(29)31(37-28)22-7-11-24(34)12-8-22)44-18-6-17-36-33(42)23-9-14-26(15-10-23)45(3,4)43/h7-16,19,28,43H,5-6,17-18,20H2,1-4H3,(H,35,41)(H,36,42). The number of aromatic nitrogens is 3. The van der Waals surface area contributed by atoms with Crippen molar-refractivity contribution in [3.05, 3.63) is 100 Å². The first kappa shape index (κ1) is 32.1. The Morgan fingerprint density at radius 1 is 1.02 bits per heavy atom. The third-order valence-corrected chi connectivity index (χ3v) is 9.49. The smallest absolute Gasteiger partial charge is 0.251 e. The highest BCUT2D eigenvalue weighted by molar-refractivity contribution is 6.83. The number of fused-ring (bicyclic) bond motifs is 3. The molecule has 3 N–H and O–H groups in total. The van der Waals surface area contributed by atoms with E-state index in [-0.39, 0.29) is 18.2 Å². The Bertz CT molecular complexity index is 1710. The molecular weight excluding hydrogens is 608 g/mol. The zero-order chi connectivity index (χ0) is 32.1. The molecule has 2 heterocycles. The number of nitrogens with one attached hydrogen (secondary N) is 2. The van der Waals surface area contributed by atoms with E-state index in [1.54, 1.807) is 12.1 Å². The molecular formula is C33H37ClN6O4Si. The fourth-order valence-corrected chi connectivity index (χ4v) is 6.29. The number of nitrogens with zero attached hydrogens (tertiary/aromatic N) is 4. The fraction of sp³-hybridized carbons (Fsp3) is 0.303. The summed E-state index contributed by atoms with van der Waals surface area (Å²) in [6.07, 6.45) is 0.719. The molecule has 4 aromatic rings. The number of hydrogen-bond donors (Lipinski definition) is 3. The van der Waals surface area contributed by atoms with Crippen molar-refractivity contribution in [3.8, 4) is 11.4 Å². The topological polar surface area (TPSA) is 131 Å². The van der Waals surface area contributed by atoms with Gasteiger partial charge in [0.25, 0.3) is 5.91 Å². The lowest BCUT2D eigenvalue weighted by molar-refractivity contribution is -0.121. The average molecular weight is 645 g/mol. The molecule has 1 aliphatic heterocycles. The zero-order valence-corrected chi connectivity index (χ0v) is 27.6. The van der Waals surface area contributed by atoms with Crippen LogP contribution in [0.3, 0.4) is 0 Å². The molecule has 1 atom stereocenters. The molecule has 3 aromatic carbocycles. The first-order valence-corrected chi connectivity index (χ1v) is 18.3. The Labute approximate surface area is 268 Å². The Morgan fingerprint density at radius 2 is 1.76 bits per heavy atom. The van der Waals surface area contributed by atoms with Gasteiger partial charge < -0.3 is 20.2 Å². The lowest BCUT2D eigenvalue weighted by Crippen LogP contribution is -2.41. The number of carbonyl (C=O) groups excluding carboxylic acids is 2. The quantitative estimate of drug-likeness (QED) is 0.165. The van der Waals surface area contributed by atoms with Gasteiger partial charge in [-0.25, -0.2) is 0 Å². The SMILES string of the molecule is CCNC(=O)CC1N=C(c2ccc(Cl)cc2)c2cc(OCCCNC(=O)c3ccc([Si](C)(C)O)cc3)ccc2-n2c(C)nnc21. The van der Waals surface area contributed by atoms with E-state index in [0.29, 0.717) is 59.8 Å². The highest BCUT2D eigenvalue weighted by Gasteiger charge is 2.30. The second-order valence-corrected chi connectivity index (χ2v) is 15.5. The van der Waals surface area contributed by atoms with Crippen LogP contribution >= 0.6 is 11.6 Å². The van der Waals surface area contributed by atoms with Crippen molar-refractivity contribution in [1.29, 1.82) is 0 Å². The van der Waals surface area contributed by atoms with Gasteiger partial charge in [0, 0.05) is 34.8 Å². The van der Waals surface area contributed by atoms with Gasteiger partial charge in [-0.2, -0.15) is 0 Å². The van der Waals surface area contributed by atoms with Crippen molar-refractivity contribution in [2.45, 2.75) is 45.8 Å². The number of carbonyl (C=O) groups is 2. The van der Waals surface area contributed by atoms with E-state index in [9.17, 15) is 14.4 Å². The molecule has 0 bridgehead atoms. The summed E-state index contributed by atoms with van der Waals surface area (Å²) >= 11 is 6.21. The monoisotopic (exact) mass is 644 g/mol. The number of aryl methyl sites for hydroxylation is 1. The highest BCUT2D eigenvalue weighted by atomic mass is 35.5. The fourth-order valence-electron chi connectivity index (χ4n) is 5.18. The largest absolute Gasteiger partial charge is 0.494 e. The van der Waals surface area contributed by atoms with Crippen molar-refractivity contribution in [2.75, 3.05) is 19.7 Å². The molecule has 1 aromatic heterocycles. The lowest BCUT2D eigenvalue weighted by Gasteiger charge is -2.15. The van der Waals surface area contributed by atoms with Crippen LogP contribution < -0.4 is 20.6 Å². The first-order valence-electron chi connectivity index (χ1n) is 15.0. The Hall–Kier alpha value is -4.32. The summed E-state index contributed by atoms with van der Waals surface area (Å²) in [7, 11) is -2.41. The molecule has 0 saturated carbocycles. The van der Waals surface area contributed by atoms with Crippen LogP contribution in [0.25, 0.3) is 5.69 Å². The predicted molar refractivity (Wildman–Crippen MR) is 177 cm³/mol. The molecule has 1 aliphatic rings. The van der Waals surface area contributed by atoms with Crippen molar-refractivity contribution in [3.63, 3.8) is 0 Å². The lowest BCUT2D eigenvalue weighted by atomic mass is 10.00. The van der Waals surface area contributed by atoms with Crippen molar-refractivity contribution in [2.24, 2.45) is 4.99 Å². The summed E-state index contributed by atoms with van der Waals surface area (Å²) in [6, 6.07) is 19.8. The van der Waals surface area contributed by atoms with E-state index < -0.39 is 14.4 Å². The number of aliphatic imine (C=N–C) groups is 1. The molecule has 0 spiro atoms. The molecule has 0 saturated heterocycles. The van der Waals surface area contributed by atoms with Crippen LogP contribution in [0.1, 0.15) is 58.9 Å². The minimum absolute atomic E-state index is 0.122. The van der Waals surface area contributed by atoms with Crippen LogP contribution in [-0.2, 0) is 4.79 Å². The minimum atomic E-state index is -2.41. The van der Waals surface area contributed by atoms with Crippen molar-refractivity contribution in [1.82, 2.24) is 25.4 Å².